The summed E-state index contributed by atoms with van der Waals surface area (Å²) in [6.07, 6.45) is 0.833. The molecule has 1 atom stereocenters. The van der Waals surface area contributed by atoms with E-state index in [-0.39, 0.29) is 11.3 Å². The van der Waals surface area contributed by atoms with Gasteiger partial charge in [0.1, 0.15) is 5.76 Å². The summed E-state index contributed by atoms with van der Waals surface area (Å²) in [4.78, 5) is 33.0. The van der Waals surface area contributed by atoms with Crippen LogP contribution in [0.2, 0.25) is 0 Å². The second-order valence-electron chi connectivity index (χ2n) is 8.76. The zero-order valence-corrected chi connectivity index (χ0v) is 21.5. The van der Waals surface area contributed by atoms with Gasteiger partial charge >= 0.3 is 5.91 Å². The van der Waals surface area contributed by atoms with Crippen LogP contribution in [0, 0.1) is 6.92 Å². The molecule has 1 aromatic heterocycles. The maximum absolute atomic E-state index is 13.5. The average Bonchev–Trinajstić information content (AvgIpc) is 3.44. The first kappa shape index (κ1) is 24.5. The molecule has 1 aliphatic heterocycles. The summed E-state index contributed by atoms with van der Waals surface area (Å²) in [6.45, 7) is 4.52. The smallest absolute Gasteiger partial charge is 0.301 e. The van der Waals surface area contributed by atoms with Crippen LogP contribution in [0.5, 0.6) is 11.5 Å². The molecule has 8 heteroatoms. The lowest BCUT2D eigenvalue weighted by Gasteiger charge is -2.24. The topological polar surface area (TPSA) is 89.0 Å². The average molecular weight is 515 g/mol. The number of thiazole rings is 1. The molecule has 0 spiro atoms. The van der Waals surface area contributed by atoms with Crippen LogP contribution in [-0.2, 0) is 9.59 Å². The fraction of sp³-hybridized carbons (Fsp3) is 0.207. The van der Waals surface area contributed by atoms with Crippen molar-refractivity contribution in [1.29, 1.82) is 0 Å². The summed E-state index contributed by atoms with van der Waals surface area (Å²) in [5.74, 6) is -0.732. The van der Waals surface area contributed by atoms with E-state index >= 15 is 0 Å². The predicted molar refractivity (Wildman–Crippen MR) is 144 cm³/mol. The number of aliphatic hydroxyl groups excluding tert-OH is 1. The van der Waals surface area contributed by atoms with Crippen molar-refractivity contribution in [2.24, 2.45) is 0 Å². The summed E-state index contributed by atoms with van der Waals surface area (Å²) in [6, 6.07) is 18.9. The number of fused-ring (bicyclic) bond motifs is 1. The third kappa shape index (κ3) is 4.44. The summed E-state index contributed by atoms with van der Waals surface area (Å²) in [5.41, 5.74) is 2.83. The molecular formula is C29H26N2O5S. The molecule has 1 amide bonds. The van der Waals surface area contributed by atoms with Gasteiger partial charge in [-0.05, 0) is 48.7 Å². The number of amides is 1. The lowest BCUT2D eigenvalue weighted by atomic mass is 9.95. The SMILES string of the molecule is CCCOc1ccc([C@@H]2C(=C(O)c3ccccc3)C(=O)C(=O)N2c2nc3ccc(C)cc3s2)cc1OC. The van der Waals surface area contributed by atoms with Crippen molar-refractivity contribution in [2.75, 3.05) is 18.6 Å². The van der Waals surface area contributed by atoms with Gasteiger partial charge in [-0.25, -0.2) is 4.98 Å². The van der Waals surface area contributed by atoms with E-state index in [9.17, 15) is 14.7 Å². The van der Waals surface area contributed by atoms with Crippen molar-refractivity contribution in [3.63, 3.8) is 0 Å². The minimum absolute atomic E-state index is 0.00378. The Morgan fingerprint density at radius 3 is 2.57 bits per heavy atom. The molecule has 2 heterocycles. The van der Waals surface area contributed by atoms with Crippen LogP contribution in [0.4, 0.5) is 5.13 Å². The van der Waals surface area contributed by atoms with Crippen molar-refractivity contribution in [3.05, 3.63) is 89.0 Å². The van der Waals surface area contributed by atoms with Crippen LogP contribution >= 0.6 is 11.3 Å². The Morgan fingerprint density at radius 2 is 1.84 bits per heavy atom. The minimum atomic E-state index is -0.906. The number of ketones is 1. The number of carbonyl (C=O) groups excluding carboxylic acids is 2. The molecule has 188 valence electrons. The number of aryl methyl sites for hydroxylation is 1. The van der Waals surface area contributed by atoms with Gasteiger partial charge in [0.2, 0.25) is 0 Å². The molecule has 3 aromatic carbocycles. The first-order valence-corrected chi connectivity index (χ1v) is 12.8. The number of aromatic nitrogens is 1. The van der Waals surface area contributed by atoms with Gasteiger partial charge < -0.3 is 14.6 Å². The molecule has 1 N–H and O–H groups in total. The van der Waals surface area contributed by atoms with E-state index in [4.69, 9.17) is 9.47 Å². The fourth-order valence-electron chi connectivity index (χ4n) is 4.40. The Bertz CT molecular complexity index is 1530. The number of hydrogen-bond acceptors (Lipinski definition) is 7. The fourth-order valence-corrected chi connectivity index (χ4v) is 5.50. The van der Waals surface area contributed by atoms with Crippen molar-refractivity contribution in [1.82, 2.24) is 4.98 Å². The first-order valence-electron chi connectivity index (χ1n) is 12.0. The number of Topliss-reactive ketones (excluding diaryl/α,β-unsaturated/α-hetero) is 1. The molecule has 0 saturated carbocycles. The molecule has 0 aliphatic carbocycles. The summed E-state index contributed by atoms with van der Waals surface area (Å²) in [5, 5.41) is 11.7. The van der Waals surface area contributed by atoms with E-state index in [1.54, 1.807) is 42.5 Å². The van der Waals surface area contributed by atoms with E-state index in [1.165, 1.54) is 23.3 Å². The monoisotopic (exact) mass is 514 g/mol. The maximum Gasteiger partial charge on any atom is 0.301 e. The first-order chi connectivity index (χ1) is 17.9. The highest BCUT2D eigenvalue weighted by Gasteiger charge is 2.48. The third-order valence-electron chi connectivity index (χ3n) is 6.20. The van der Waals surface area contributed by atoms with Crippen molar-refractivity contribution < 1.29 is 24.2 Å². The minimum Gasteiger partial charge on any atom is -0.507 e. The molecule has 0 bridgehead atoms. The van der Waals surface area contributed by atoms with E-state index in [0.29, 0.717) is 34.4 Å². The second-order valence-corrected chi connectivity index (χ2v) is 9.77. The van der Waals surface area contributed by atoms with Crippen molar-refractivity contribution >= 4 is 44.1 Å². The van der Waals surface area contributed by atoms with Crippen molar-refractivity contribution in [2.45, 2.75) is 26.3 Å². The Labute approximate surface area is 218 Å². The number of methoxy groups -OCH3 is 1. The van der Waals surface area contributed by atoms with Gasteiger partial charge in [-0.1, -0.05) is 60.7 Å². The highest BCUT2D eigenvalue weighted by Crippen LogP contribution is 2.45. The lowest BCUT2D eigenvalue weighted by Crippen LogP contribution is -2.29. The second kappa shape index (κ2) is 10.1. The van der Waals surface area contributed by atoms with Crippen LogP contribution in [0.1, 0.15) is 36.1 Å². The maximum atomic E-state index is 13.5. The highest BCUT2D eigenvalue weighted by molar-refractivity contribution is 7.22. The molecular weight excluding hydrogens is 488 g/mol. The Kier molecular flexibility index (Phi) is 6.67. The van der Waals surface area contributed by atoms with Crippen molar-refractivity contribution in [3.8, 4) is 11.5 Å². The zero-order chi connectivity index (χ0) is 26.1. The third-order valence-corrected chi connectivity index (χ3v) is 7.21. The summed E-state index contributed by atoms with van der Waals surface area (Å²) < 4.78 is 12.3. The summed E-state index contributed by atoms with van der Waals surface area (Å²) in [7, 11) is 1.54. The van der Waals surface area contributed by atoms with E-state index < -0.39 is 17.7 Å². The molecule has 0 radical (unpaired) electrons. The molecule has 1 aliphatic rings. The molecule has 5 rings (SSSR count). The molecule has 7 nitrogen and oxygen atoms in total. The van der Waals surface area contributed by atoms with E-state index in [2.05, 4.69) is 4.98 Å². The number of carbonyl (C=O) groups is 2. The number of aliphatic hydroxyl groups is 1. The van der Waals surface area contributed by atoms with Crippen LogP contribution < -0.4 is 14.4 Å². The van der Waals surface area contributed by atoms with Gasteiger partial charge in [-0.15, -0.1) is 0 Å². The quantitative estimate of drug-likeness (QED) is 0.184. The molecule has 1 fully saturated rings. The van der Waals surface area contributed by atoms with Crippen LogP contribution in [0.3, 0.4) is 0 Å². The van der Waals surface area contributed by atoms with Crippen LogP contribution in [0.25, 0.3) is 16.0 Å². The standard InChI is InChI=1S/C29H26N2O5S/c1-4-14-36-21-13-11-19(16-22(21)35-3)25-24(26(32)18-8-6-5-7-9-18)27(33)28(34)31(25)29-30-20-12-10-17(2)15-23(20)37-29/h5-13,15-16,25,32H,4,14H2,1-3H3/t25-/m1/s1. The number of anilines is 1. The predicted octanol–water partition coefficient (Wildman–Crippen LogP) is 6.03. The van der Waals surface area contributed by atoms with Gasteiger partial charge in [0.25, 0.3) is 5.78 Å². The normalized spacial score (nSPS) is 16.9. The van der Waals surface area contributed by atoms with E-state index in [0.717, 1.165) is 22.2 Å². The molecule has 1 saturated heterocycles. The van der Waals surface area contributed by atoms with E-state index in [1.807, 2.05) is 38.1 Å². The molecule has 37 heavy (non-hydrogen) atoms. The largest absolute Gasteiger partial charge is 0.507 e. The highest BCUT2D eigenvalue weighted by atomic mass is 32.1. The molecule has 0 unspecified atom stereocenters. The van der Waals surface area contributed by atoms with Crippen LogP contribution in [0.15, 0.2) is 72.3 Å². The van der Waals surface area contributed by atoms with Crippen LogP contribution in [-0.4, -0.2) is 35.5 Å². The Hall–Kier alpha value is -4.17. The zero-order valence-electron chi connectivity index (χ0n) is 20.7. The number of ether oxygens (including phenoxy) is 2. The number of benzene rings is 3. The van der Waals surface area contributed by atoms with Gasteiger partial charge in [-0.3, -0.25) is 14.5 Å². The molecule has 4 aromatic rings. The number of nitrogens with zero attached hydrogens (tertiary/aromatic N) is 2. The number of rotatable bonds is 7. The summed E-state index contributed by atoms with van der Waals surface area (Å²) >= 11 is 1.33. The van der Waals surface area contributed by atoms with Gasteiger partial charge in [0.15, 0.2) is 16.6 Å². The van der Waals surface area contributed by atoms with Gasteiger partial charge in [0, 0.05) is 5.56 Å². The Balaban J connectivity index is 1.71. The number of hydrogen-bond donors (Lipinski definition) is 1. The Morgan fingerprint density at radius 1 is 1.05 bits per heavy atom. The van der Waals surface area contributed by atoms with Gasteiger partial charge in [0.05, 0.1) is 35.5 Å². The van der Waals surface area contributed by atoms with Gasteiger partial charge in [-0.2, -0.15) is 0 Å². The lowest BCUT2D eigenvalue weighted by molar-refractivity contribution is -0.132.